The van der Waals surface area contributed by atoms with Gasteiger partial charge in [-0.2, -0.15) is 0 Å². The van der Waals surface area contributed by atoms with Crippen molar-refractivity contribution in [3.05, 3.63) is 52.5 Å². The highest BCUT2D eigenvalue weighted by Crippen LogP contribution is 2.39. The molecule has 4 nitrogen and oxygen atoms in total. The van der Waals surface area contributed by atoms with E-state index in [0.29, 0.717) is 18.2 Å². The predicted octanol–water partition coefficient (Wildman–Crippen LogP) is 3.98. The summed E-state index contributed by atoms with van der Waals surface area (Å²) in [5.41, 5.74) is 0.968. The minimum absolute atomic E-state index is 0.0315. The van der Waals surface area contributed by atoms with Gasteiger partial charge in [0.1, 0.15) is 10.9 Å². The minimum Gasteiger partial charge on any atom is -0.350 e. The summed E-state index contributed by atoms with van der Waals surface area (Å²) in [5.74, 6) is 1.83. The lowest BCUT2D eigenvalue weighted by molar-refractivity contribution is -0.118. The van der Waals surface area contributed by atoms with Crippen LogP contribution in [0.1, 0.15) is 29.5 Å². The summed E-state index contributed by atoms with van der Waals surface area (Å²) >= 11 is 3.15. The van der Waals surface area contributed by atoms with E-state index in [1.165, 1.54) is 24.6 Å². The highest BCUT2D eigenvalue weighted by Gasteiger charge is 2.27. The molecular formula is C18H17N3OS2. The third kappa shape index (κ3) is 3.60. The third-order valence-electron chi connectivity index (χ3n) is 3.91. The summed E-state index contributed by atoms with van der Waals surface area (Å²) in [7, 11) is 0. The second kappa shape index (κ2) is 6.91. The average Bonchev–Trinajstić information content (AvgIpc) is 3.33. The van der Waals surface area contributed by atoms with Gasteiger partial charge in [0, 0.05) is 16.2 Å². The van der Waals surface area contributed by atoms with Crippen LogP contribution in [-0.2, 0) is 11.3 Å². The molecule has 2 heterocycles. The molecule has 0 saturated heterocycles. The molecular weight excluding hydrogens is 338 g/mol. The number of nitrogens with one attached hydrogen (secondary N) is 1. The summed E-state index contributed by atoms with van der Waals surface area (Å²) in [6, 6.07) is 12.0. The van der Waals surface area contributed by atoms with Crippen molar-refractivity contribution >= 4 is 39.9 Å². The summed E-state index contributed by atoms with van der Waals surface area (Å²) in [6.45, 7) is 0.592. The summed E-state index contributed by atoms with van der Waals surface area (Å²) in [6.07, 6.45) is 2.34. The molecule has 0 aliphatic heterocycles. The Labute approximate surface area is 148 Å². The molecule has 1 fully saturated rings. The molecule has 0 spiro atoms. The Balaban J connectivity index is 1.46. The van der Waals surface area contributed by atoms with Crippen LogP contribution in [0.4, 0.5) is 0 Å². The normalized spacial score (nSPS) is 14.0. The number of amides is 1. The van der Waals surface area contributed by atoms with Crippen molar-refractivity contribution in [2.75, 3.05) is 5.75 Å². The Bertz CT molecular complexity index is 860. The third-order valence-corrected chi connectivity index (χ3v) is 5.78. The van der Waals surface area contributed by atoms with E-state index in [0.717, 1.165) is 26.6 Å². The predicted molar refractivity (Wildman–Crippen MR) is 98.4 cm³/mol. The number of para-hydroxylation sites is 1. The fourth-order valence-electron chi connectivity index (χ4n) is 2.48. The van der Waals surface area contributed by atoms with E-state index in [1.807, 2.05) is 41.8 Å². The van der Waals surface area contributed by atoms with Crippen LogP contribution in [0.25, 0.3) is 10.9 Å². The Morgan fingerprint density at radius 2 is 2.08 bits per heavy atom. The summed E-state index contributed by atoms with van der Waals surface area (Å²) in [5, 5.41) is 6.91. The number of thiophene rings is 1. The van der Waals surface area contributed by atoms with E-state index in [9.17, 15) is 4.79 Å². The first-order chi connectivity index (χ1) is 11.8. The van der Waals surface area contributed by atoms with Crippen LogP contribution in [0.15, 0.2) is 46.8 Å². The maximum absolute atomic E-state index is 12.1. The molecule has 1 aliphatic carbocycles. The average molecular weight is 355 g/mol. The van der Waals surface area contributed by atoms with Crippen LogP contribution in [0.2, 0.25) is 0 Å². The lowest BCUT2D eigenvalue weighted by Crippen LogP contribution is -2.24. The quantitative estimate of drug-likeness (QED) is 0.537. The Hall–Kier alpha value is -1.92. The number of thioether (sulfide) groups is 1. The van der Waals surface area contributed by atoms with Crippen molar-refractivity contribution in [3.63, 3.8) is 0 Å². The van der Waals surface area contributed by atoms with E-state index in [-0.39, 0.29) is 5.91 Å². The maximum atomic E-state index is 12.1. The lowest BCUT2D eigenvalue weighted by atomic mass is 10.2. The van der Waals surface area contributed by atoms with E-state index >= 15 is 0 Å². The van der Waals surface area contributed by atoms with E-state index in [1.54, 1.807) is 11.3 Å². The molecule has 24 heavy (non-hydrogen) atoms. The molecule has 1 aliphatic rings. The van der Waals surface area contributed by atoms with Crippen molar-refractivity contribution in [2.45, 2.75) is 30.3 Å². The number of nitrogens with zero attached hydrogens (tertiary/aromatic N) is 2. The monoisotopic (exact) mass is 355 g/mol. The van der Waals surface area contributed by atoms with Crippen molar-refractivity contribution in [1.29, 1.82) is 0 Å². The first kappa shape index (κ1) is 15.6. The Morgan fingerprint density at radius 1 is 1.21 bits per heavy atom. The Kier molecular flexibility index (Phi) is 4.49. The van der Waals surface area contributed by atoms with Crippen molar-refractivity contribution in [2.24, 2.45) is 0 Å². The molecule has 2 aromatic heterocycles. The highest BCUT2D eigenvalue weighted by atomic mass is 32.2. The number of hydrogen-bond donors (Lipinski definition) is 1. The molecule has 3 aromatic rings. The second-order valence-corrected chi connectivity index (χ2v) is 7.82. The van der Waals surface area contributed by atoms with Crippen LogP contribution in [0.3, 0.4) is 0 Å². The fraction of sp³-hybridized carbons (Fsp3) is 0.278. The molecule has 4 rings (SSSR count). The number of benzene rings is 1. The summed E-state index contributed by atoms with van der Waals surface area (Å²) in [4.78, 5) is 22.7. The molecule has 1 amide bonds. The molecule has 1 saturated carbocycles. The maximum Gasteiger partial charge on any atom is 0.230 e. The minimum atomic E-state index is 0.0315. The van der Waals surface area contributed by atoms with Gasteiger partial charge in [-0.15, -0.1) is 11.3 Å². The van der Waals surface area contributed by atoms with Gasteiger partial charge in [0.15, 0.2) is 0 Å². The molecule has 122 valence electrons. The molecule has 0 radical (unpaired) electrons. The zero-order valence-corrected chi connectivity index (χ0v) is 14.7. The number of hydrogen-bond acceptors (Lipinski definition) is 5. The number of fused-ring (bicyclic) bond motifs is 1. The zero-order valence-electron chi connectivity index (χ0n) is 13.1. The summed E-state index contributed by atoms with van der Waals surface area (Å²) < 4.78 is 0. The largest absolute Gasteiger partial charge is 0.350 e. The van der Waals surface area contributed by atoms with E-state index in [4.69, 9.17) is 4.98 Å². The number of aromatic nitrogens is 2. The van der Waals surface area contributed by atoms with Gasteiger partial charge < -0.3 is 5.32 Å². The lowest BCUT2D eigenvalue weighted by Gasteiger charge is -2.08. The van der Waals surface area contributed by atoms with Crippen molar-refractivity contribution < 1.29 is 4.79 Å². The fourth-order valence-corrected chi connectivity index (χ4v) is 3.98. The Morgan fingerprint density at radius 3 is 2.88 bits per heavy atom. The molecule has 0 atom stereocenters. The molecule has 1 aromatic carbocycles. The van der Waals surface area contributed by atoms with Crippen LogP contribution in [0.5, 0.6) is 0 Å². The van der Waals surface area contributed by atoms with Gasteiger partial charge in [-0.05, 0) is 30.4 Å². The smallest absolute Gasteiger partial charge is 0.230 e. The van der Waals surface area contributed by atoms with Gasteiger partial charge in [-0.1, -0.05) is 36.0 Å². The van der Waals surface area contributed by atoms with Crippen LogP contribution < -0.4 is 5.32 Å². The van der Waals surface area contributed by atoms with E-state index < -0.39 is 0 Å². The van der Waals surface area contributed by atoms with Crippen LogP contribution >= 0.6 is 23.1 Å². The number of rotatable bonds is 6. The van der Waals surface area contributed by atoms with Gasteiger partial charge in [-0.3, -0.25) is 4.79 Å². The topological polar surface area (TPSA) is 54.9 Å². The van der Waals surface area contributed by atoms with Crippen LogP contribution in [0, 0.1) is 0 Å². The molecule has 1 N–H and O–H groups in total. The van der Waals surface area contributed by atoms with Gasteiger partial charge in [0.25, 0.3) is 0 Å². The second-order valence-electron chi connectivity index (χ2n) is 5.82. The molecule has 0 bridgehead atoms. The zero-order chi connectivity index (χ0) is 16.4. The van der Waals surface area contributed by atoms with Crippen molar-refractivity contribution in [3.8, 4) is 0 Å². The van der Waals surface area contributed by atoms with Gasteiger partial charge >= 0.3 is 0 Å². The first-order valence-corrected chi connectivity index (χ1v) is 9.84. The molecule has 0 unspecified atom stereocenters. The highest BCUT2D eigenvalue weighted by molar-refractivity contribution is 8.00. The number of carbonyl (C=O) groups is 1. The SMILES string of the molecule is O=C(CSc1nc(C2CC2)nc2ccccc12)NCc1cccs1. The van der Waals surface area contributed by atoms with Crippen molar-refractivity contribution in [1.82, 2.24) is 15.3 Å². The number of carbonyl (C=O) groups excluding carboxylic acids is 1. The molecule has 6 heteroatoms. The van der Waals surface area contributed by atoms with Gasteiger partial charge in [0.05, 0.1) is 17.8 Å². The van der Waals surface area contributed by atoms with Gasteiger partial charge in [-0.25, -0.2) is 9.97 Å². The van der Waals surface area contributed by atoms with E-state index in [2.05, 4.69) is 10.3 Å². The first-order valence-electron chi connectivity index (χ1n) is 7.98. The van der Waals surface area contributed by atoms with Gasteiger partial charge in [0.2, 0.25) is 5.91 Å². The standard InChI is InChI=1S/C18H17N3OS2/c22-16(19-10-13-4-3-9-23-13)11-24-18-14-5-1-2-6-15(14)20-17(21-18)12-7-8-12/h1-6,9,12H,7-8,10-11H2,(H,19,22). The van der Waals surface area contributed by atoms with Crippen LogP contribution in [-0.4, -0.2) is 21.6 Å².